The molecule has 0 amide bonds. The van der Waals surface area contributed by atoms with E-state index < -0.39 is 12.0 Å². The molecule has 0 saturated carbocycles. The molecule has 0 spiro atoms. The maximum absolute atomic E-state index is 13.7. The van der Waals surface area contributed by atoms with Gasteiger partial charge in [0.1, 0.15) is 11.8 Å². The standard InChI is InChI=1S/C27H29N3O4S/c1-6-33-21-11-9-8-10-20(21)24-23(26(32)34-7-2)17(3)28-27-30(24)25(31)22(35-27)16-18-12-14-19(15-13-18)29(4)5/h8-16,24H,6-7H2,1-5H3/b22-16-/t24-/m0/s1. The van der Waals surface area contributed by atoms with E-state index in [2.05, 4.69) is 4.99 Å². The molecule has 0 aliphatic carbocycles. The number of nitrogens with zero attached hydrogens (tertiary/aromatic N) is 3. The predicted molar refractivity (Wildman–Crippen MR) is 139 cm³/mol. The SMILES string of the molecule is CCOC(=O)C1=C(C)N=c2s/c(=C\c3ccc(N(C)C)cc3)c(=O)n2[C@H]1c1ccccc1OCC. The maximum atomic E-state index is 13.7. The number of ether oxygens (including phenoxy) is 2. The Hall–Kier alpha value is -3.65. The monoisotopic (exact) mass is 491 g/mol. The maximum Gasteiger partial charge on any atom is 0.338 e. The topological polar surface area (TPSA) is 73.1 Å². The molecule has 0 saturated heterocycles. The summed E-state index contributed by atoms with van der Waals surface area (Å²) in [5.41, 5.74) is 3.36. The summed E-state index contributed by atoms with van der Waals surface area (Å²) in [6.07, 6.45) is 1.86. The number of rotatable bonds is 7. The van der Waals surface area contributed by atoms with Crippen LogP contribution in [0.25, 0.3) is 6.08 Å². The van der Waals surface area contributed by atoms with Crippen LogP contribution >= 0.6 is 11.3 Å². The van der Waals surface area contributed by atoms with E-state index in [9.17, 15) is 9.59 Å². The molecule has 0 unspecified atom stereocenters. The Kier molecular flexibility index (Phi) is 7.21. The smallest absolute Gasteiger partial charge is 0.338 e. The van der Waals surface area contributed by atoms with Crippen LogP contribution in [0.15, 0.2) is 69.6 Å². The highest BCUT2D eigenvalue weighted by Gasteiger charge is 2.35. The van der Waals surface area contributed by atoms with Crippen LogP contribution in [0, 0.1) is 0 Å². The number of fused-ring (bicyclic) bond motifs is 1. The summed E-state index contributed by atoms with van der Waals surface area (Å²) in [7, 11) is 3.97. The predicted octanol–water partition coefficient (Wildman–Crippen LogP) is 3.26. The third-order valence-electron chi connectivity index (χ3n) is 5.74. The van der Waals surface area contributed by atoms with Gasteiger partial charge in [0.25, 0.3) is 5.56 Å². The average Bonchev–Trinajstić information content (AvgIpc) is 3.13. The van der Waals surface area contributed by atoms with Gasteiger partial charge < -0.3 is 14.4 Å². The molecule has 4 rings (SSSR count). The number of para-hydroxylation sites is 1. The van der Waals surface area contributed by atoms with Crippen molar-refractivity contribution >= 4 is 29.1 Å². The van der Waals surface area contributed by atoms with E-state index in [0.29, 0.717) is 33.0 Å². The first-order chi connectivity index (χ1) is 16.8. The summed E-state index contributed by atoms with van der Waals surface area (Å²) in [6.45, 7) is 6.12. The molecule has 1 atom stereocenters. The fourth-order valence-electron chi connectivity index (χ4n) is 4.10. The van der Waals surface area contributed by atoms with Gasteiger partial charge in [0.2, 0.25) is 0 Å². The summed E-state index contributed by atoms with van der Waals surface area (Å²) in [6, 6.07) is 14.7. The molecular weight excluding hydrogens is 462 g/mol. The van der Waals surface area contributed by atoms with E-state index in [1.807, 2.05) is 80.5 Å². The van der Waals surface area contributed by atoms with Gasteiger partial charge in [0.15, 0.2) is 4.80 Å². The second kappa shape index (κ2) is 10.3. The molecule has 0 bridgehead atoms. The van der Waals surface area contributed by atoms with Gasteiger partial charge in [-0.05, 0) is 50.6 Å². The van der Waals surface area contributed by atoms with Crippen molar-refractivity contribution in [1.82, 2.24) is 4.57 Å². The van der Waals surface area contributed by atoms with Crippen molar-refractivity contribution in [2.75, 3.05) is 32.2 Å². The van der Waals surface area contributed by atoms with Crippen LogP contribution in [0.5, 0.6) is 5.75 Å². The molecule has 35 heavy (non-hydrogen) atoms. The lowest BCUT2D eigenvalue weighted by Gasteiger charge is -2.26. The Bertz CT molecular complexity index is 1450. The third kappa shape index (κ3) is 4.79. The minimum Gasteiger partial charge on any atom is -0.494 e. The Morgan fingerprint density at radius 3 is 2.49 bits per heavy atom. The van der Waals surface area contributed by atoms with Gasteiger partial charge in [-0.2, -0.15) is 0 Å². The van der Waals surface area contributed by atoms with Crippen LogP contribution in [-0.4, -0.2) is 37.8 Å². The molecule has 8 heteroatoms. The van der Waals surface area contributed by atoms with E-state index in [1.165, 1.54) is 11.3 Å². The van der Waals surface area contributed by atoms with Crippen molar-refractivity contribution in [2.45, 2.75) is 26.8 Å². The first kappa shape index (κ1) is 24.5. The summed E-state index contributed by atoms with van der Waals surface area (Å²) in [4.78, 5) is 34.0. The first-order valence-electron chi connectivity index (χ1n) is 11.5. The third-order valence-corrected chi connectivity index (χ3v) is 6.72. The van der Waals surface area contributed by atoms with E-state index in [0.717, 1.165) is 16.8 Å². The molecule has 2 aromatic carbocycles. The van der Waals surface area contributed by atoms with Crippen molar-refractivity contribution < 1.29 is 14.3 Å². The highest BCUT2D eigenvalue weighted by molar-refractivity contribution is 7.07. The van der Waals surface area contributed by atoms with E-state index in [-0.39, 0.29) is 12.2 Å². The molecule has 2 heterocycles. The molecular formula is C27H29N3O4S. The zero-order chi connectivity index (χ0) is 25.1. The zero-order valence-corrected chi connectivity index (χ0v) is 21.4. The number of allylic oxidation sites excluding steroid dienone is 1. The number of hydrogen-bond acceptors (Lipinski definition) is 7. The van der Waals surface area contributed by atoms with Crippen molar-refractivity contribution in [3.63, 3.8) is 0 Å². The van der Waals surface area contributed by atoms with Crippen molar-refractivity contribution in [2.24, 2.45) is 4.99 Å². The minimum absolute atomic E-state index is 0.212. The molecule has 182 valence electrons. The highest BCUT2D eigenvalue weighted by Crippen LogP contribution is 2.35. The highest BCUT2D eigenvalue weighted by atomic mass is 32.1. The lowest BCUT2D eigenvalue weighted by atomic mass is 9.95. The van der Waals surface area contributed by atoms with Gasteiger partial charge in [-0.1, -0.05) is 41.7 Å². The molecule has 0 fully saturated rings. The molecule has 0 radical (unpaired) electrons. The van der Waals surface area contributed by atoms with Crippen LogP contribution in [0.2, 0.25) is 0 Å². The summed E-state index contributed by atoms with van der Waals surface area (Å²) < 4.78 is 13.4. The van der Waals surface area contributed by atoms with Gasteiger partial charge >= 0.3 is 5.97 Å². The zero-order valence-electron chi connectivity index (χ0n) is 20.6. The van der Waals surface area contributed by atoms with Gasteiger partial charge in [-0.3, -0.25) is 9.36 Å². The van der Waals surface area contributed by atoms with Gasteiger partial charge in [0.05, 0.1) is 29.0 Å². The van der Waals surface area contributed by atoms with E-state index in [1.54, 1.807) is 18.4 Å². The van der Waals surface area contributed by atoms with Crippen molar-refractivity contribution in [3.8, 4) is 5.75 Å². The van der Waals surface area contributed by atoms with E-state index in [4.69, 9.17) is 9.47 Å². The average molecular weight is 492 g/mol. The van der Waals surface area contributed by atoms with Gasteiger partial charge in [-0.15, -0.1) is 0 Å². The van der Waals surface area contributed by atoms with Crippen LogP contribution in [-0.2, 0) is 9.53 Å². The fourth-order valence-corrected chi connectivity index (χ4v) is 5.15. The number of carbonyl (C=O) groups excluding carboxylic acids is 1. The second-order valence-electron chi connectivity index (χ2n) is 8.26. The summed E-state index contributed by atoms with van der Waals surface area (Å²) >= 11 is 1.31. The van der Waals surface area contributed by atoms with Crippen LogP contribution in [0.1, 0.15) is 37.9 Å². The van der Waals surface area contributed by atoms with Crippen molar-refractivity contribution in [1.29, 1.82) is 0 Å². The van der Waals surface area contributed by atoms with E-state index >= 15 is 0 Å². The Morgan fingerprint density at radius 1 is 1.11 bits per heavy atom. The summed E-state index contributed by atoms with van der Waals surface area (Å²) in [5, 5.41) is 0. The lowest BCUT2D eigenvalue weighted by molar-refractivity contribution is -0.139. The molecule has 1 aromatic heterocycles. The largest absolute Gasteiger partial charge is 0.494 e. The number of hydrogen-bond donors (Lipinski definition) is 0. The normalized spacial score (nSPS) is 15.5. The van der Waals surface area contributed by atoms with Gasteiger partial charge in [0, 0.05) is 25.3 Å². The Labute approximate surface area is 208 Å². The van der Waals surface area contributed by atoms with Crippen LogP contribution in [0.3, 0.4) is 0 Å². The number of thiazole rings is 1. The number of anilines is 1. The molecule has 1 aliphatic rings. The van der Waals surface area contributed by atoms with Crippen LogP contribution < -0.4 is 24.5 Å². The van der Waals surface area contributed by atoms with Crippen LogP contribution in [0.4, 0.5) is 5.69 Å². The Morgan fingerprint density at radius 2 is 1.83 bits per heavy atom. The number of benzene rings is 2. The molecule has 7 nitrogen and oxygen atoms in total. The number of aromatic nitrogens is 1. The summed E-state index contributed by atoms with van der Waals surface area (Å²) in [5.74, 6) is 0.129. The first-order valence-corrected chi connectivity index (χ1v) is 12.4. The quantitative estimate of drug-likeness (QED) is 0.475. The molecule has 3 aromatic rings. The second-order valence-corrected chi connectivity index (χ2v) is 9.27. The number of carbonyl (C=O) groups is 1. The fraction of sp³-hybridized carbons (Fsp3) is 0.296. The molecule has 1 aliphatic heterocycles. The lowest BCUT2D eigenvalue weighted by Crippen LogP contribution is -2.40. The van der Waals surface area contributed by atoms with Crippen molar-refractivity contribution in [3.05, 3.63) is 90.6 Å². The molecule has 0 N–H and O–H groups in total. The Balaban J connectivity index is 1.93. The van der Waals surface area contributed by atoms with Gasteiger partial charge in [-0.25, -0.2) is 9.79 Å². The minimum atomic E-state index is -0.702. The number of esters is 1.